The lowest BCUT2D eigenvalue weighted by molar-refractivity contribution is -0.177. The van der Waals surface area contributed by atoms with Crippen molar-refractivity contribution in [2.24, 2.45) is 5.92 Å². The van der Waals surface area contributed by atoms with Crippen LogP contribution in [-0.2, 0) is 42.8 Å². The SMILES string of the molecule is CC(=O)OC1[C@H](c2ccc3c(N)ncnn23)O[C@](C#N)(COC(=O)OC(C)OC(=O)[C@H](C(C)C)N(C)C)[C@H]1OC(C)=O. The van der Waals surface area contributed by atoms with E-state index in [0.29, 0.717) is 5.52 Å². The van der Waals surface area contributed by atoms with Crippen LogP contribution in [0.4, 0.5) is 10.6 Å². The van der Waals surface area contributed by atoms with E-state index in [-0.39, 0.29) is 17.4 Å². The van der Waals surface area contributed by atoms with Gasteiger partial charge in [-0.15, -0.1) is 0 Å². The molecule has 0 spiro atoms. The molecule has 6 atom stereocenters. The standard InChI is InChI=1S/C26H34N6O10/c1-13(2)19(31(6)7)24(35)40-16(5)41-25(36)37-11-26(10-27)22(39-15(4)34)21(38-14(3)33)20(42-26)17-8-9-18-23(28)29-12-30-32(17)18/h8-9,12-13,16,19-22H,11H2,1-7H3,(H2,28,29,30)/t16?,19-,20-,21?,22-,26+/m0/s1. The number of fused-ring (bicyclic) bond motifs is 1. The predicted molar refractivity (Wildman–Crippen MR) is 141 cm³/mol. The Morgan fingerprint density at radius 3 is 2.38 bits per heavy atom. The van der Waals surface area contributed by atoms with Gasteiger partial charge in [0, 0.05) is 20.8 Å². The fraction of sp³-hybridized carbons (Fsp3) is 0.577. The largest absolute Gasteiger partial charge is 0.511 e. The van der Waals surface area contributed by atoms with Crippen LogP contribution in [0.1, 0.15) is 46.4 Å². The number of nitriles is 1. The van der Waals surface area contributed by atoms with Gasteiger partial charge in [-0.1, -0.05) is 13.8 Å². The van der Waals surface area contributed by atoms with Crippen LogP contribution >= 0.6 is 0 Å². The zero-order valence-electron chi connectivity index (χ0n) is 24.3. The molecule has 1 aliphatic rings. The summed E-state index contributed by atoms with van der Waals surface area (Å²) in [4.78, 5) is 54.8. The molecular formula is C26H34N6O10. The summed E-state index contributed by atoms with van der Waals surface area (Å²) in [6, 6.07) is 4.44. The molecule has 2 N–H and O–H groups in total. The van der Waals surface area contributed by atoms with E-state index in [1.165, 1.54) is 17.8 Å². The van der Waals surface area contributed by atoms with Crippen LogP contribution < -0.4 is 5.73 Å². The van der Waals surface area contributed by atoms with Crippen LogP contribution in [0, 0.1) is 17.2 Å². The molecule has 3 heterocycles. The van der Waals surface area contributed by atoms with Crippen molar-refractivity contribution in [2.45, 2.75) is 70.9 Å². The lowest BCUT2D eigenvalue weighted by atomic mass is 9.95. The molecule has 2 unspecified atom stereocenters. The number of carbonyl (C=O) groups is 4. The molecule has 16 nitrogen and oxygen atoms in total. The Kier molecular flexibility index (Phi) is 9.91. The number of nitrogens with two attached hydrogens (primary N) is 1. The third-order valence-electron chi connectivity index (χ3n) is 6.36. The molecule has 1 fully saturated rings. The van der Waals surface area contributed by atoms with E-state index in [0.717, 1.165) is 13.8 Å². The van der Waals surface area contributed by atoms with Crippen molar-refractivity contribution >= 4 is 35.4 Å². The van der Waals surface area contributed by atoms with Crippen molar-refractivity contribution in [2.75, 3.05) is 26.4 Å². The Morgan fingerprint density at radius 2 is 1.81 bits per heavy atom. The molecular weight excluding hydrogens is 556 g/mol. The normalized spacial score (nSPS) is 23.2. The van der Waals surface area contributed by atoms with Crippen molar-refractivity contribution in [3.8, 4) is 6.07 Å². The maximum absolute atomic E-state index is 12.6. The van der Waals surface area contributed by atoms with Crippen molar-refractivity contribution in [1.29, 1.82) is 5.26 Å². The number of aromatic nitrogens is 3. The topological polar surface area (TPSA) is 207 Å². The second-order valence-corrected chi connectivity index (χ2v) is 10.2. The summed E-state index contributed by atoms with van der Waals surface area (Å²) in [5.41, 5.74) is 4.44. The number of hydrogen-bond acceptors (Lipinski definition) is 15. The first-order valence-electron chi connectivity index (χ1n) is 12.9. The maximum atomic E-state index is 12.6. The number of anilines is 1. The summed E-state index contributed by atoms with van der Waals surface area (Å²) >= 11 is 0. The molecule has 16 heteroatoms. The third kappa shape index (κ3) is 6.86. The Balaban J connectivity index is 1.85. The van der Waals surface area contributed by atoms with Gasteiger partial charge in [-0.3, -0.25) is 19.3 Å². The average molecular weight is 591 g/mol. The monoisotopic (exact) mass is 590 g/mol. The smallest absolute Gasteiger partial charge is 0.455 e. The predicted octanol–water partition coefficient (Wildman–Crippen LogP) is 1.14. The first kappa shape index (κ1) is 32.0. The summed E-state index contributed by atoms with van der Waals surface area (Å²) in [5.74, 6) is -2.14. The minimum absolute atomic E-state index is 0.0846. The molecule has 1 saturated heterocycles. The Labute approximate surface area is 241 Å². The van der Waals surface area contributed by atoms with Crippen LogP contribution in [0.2, 0.25) is 0 Å². The van der Waals surface area contributed by atoms with Crippen LogP contribution in [0.25, 0.3) is 5.52 Å². The number of ether oxygens (including phenoxy) is 6. The van der Waals surface area contributed by atoms with Crippen molar-refractivity contribution < 1.29 is 47.6 Å². The summed E-state index contributed by atoms with van der Waals surface area (Å²) in [5, 5.41) is 14.4. The number of esters is 3. The highest BCUT2D eigenvalue weighted by molar-refractivity contribution is 5.76. The molecule has 2 aromatic rings. The van der Waals surface area contributed by atoms with E-state index in [1.807, 2.05) is 19.9 Å². The van der Waals surface area contributed by atoms with Gasteiger partial charge in [-0.25, -0.2) is 14.3 Å². The van der Waals surface area contributed by atoms with Gasteiger partial charge in [0.2, 0.25) is 11.9 Å². The maximum Gasteiger partial charge on any atom is 0.511 e. The van der Waals surface area contributed by atoms with Crippen molar-refractivity contribution in [3.05, 3.63) is 24.2 Å². The van der Waals surface area contributed by atoms with E-state index >= 15 is 0 Å². The molecule has 1 aliphatic heterocycles. The lowest BCUT2D eigenvalue weighted by Gasteiger charge is -2.28. The second-order valence-electron chi connectivity index (χ2n) is 10.2. The van der Waals surface area contributed by atoms with Gasteiger partial charge in [-0.05, 0) is 32.1 Å². The fourth-order valence-electron chi connectivity index (χ4n) is 4.77. The number of carbonyl (C=O) groups excluding carboxylic acids is 4. The van der Waals surface area contributed by atoms with Crippen LogP contribution in [0.15, 0.2) is 18.5 Å². The molecule has 0 radical (unpaired) electrons. The quantitative estimate of drug-likeness (QED) is 0.234. The second kappa shape index (κ2) is 13.0. The van der Waals surface area contributed by atoms with Gasteiger partial charge in [-0.2, -0.15) is 10.4 Å². The van der Waals surface area contributed by atoms with E-state index in [4.69, 9.17) is 34.2 Å². The Morgan fingerprint density at radius 1 is 1.14 bits per heavy atom. The summed E-state index contributed by atoms with van der Waals surface area (Å²) in [6.07, 6.45) is -5.59. The van der Waals surface area contributed by atoms with Crippen LogP contribution in [0.3, 0.4) is 0 Å². The van der Waals surface area contributed by atoms with Crippen molar-refractivity contribution in [3.63, 3.8) is 0 Å². The zero-order valence-corrected chi connectivity index (χ0v) is 24.3. The first-order chi connectivity index (χ1) is 19.7. The molecule has 42 heavy (non-hydrogen) atoms. The molecule has 0 amide bonds. The highest BCUT2D eigenvalue weighted by Crippen LogP contribution is 2.44. The minimum Gasteiger partial charge on any atom is -0.455 e. The Hall–Kier alpha value is -4.49. The molecule has 3 rings (SSSR count). The average Bonchev–Trinajstić information content (AvgIpc) is 3.42. The molecule has 2 aromatic heterocycles. The number of nitrogen functional groups attached to an aromatic ring is 1. The van der Waals surface area contributed by atoms with Gasteiger partial charge in [0.25, 0.3) is 0 Å². The number of hydrogen-bond donors (Lipinski definition) is 1. The fourth-order valence-corrected chi connectivity index (χ4v) is 4.77. The van der Waals surface area contributed by atoms with Crippen LogP contribution in [-0.4, -0.2) is 94.4 Å². The molecule has 0 aliphatic carbocycles. The third-order valence-corrected chi connectivity index (χ3v) is 6.36. The first-order valence-corrected chi connectivity index (χ1v) is 12.9. The molecule has 228 valence electrons. The lowest BCUT2D eigenvalue weighted by Crippen LogP contribution is -2.49. The van der Waals surface area contributed by atoms with Crippen LogP contribution in [0.5, 0.6) is 0 Å². The number of rotatable bonds is 10. The van der Waals surface area contributed by atoms with E-state index in [2.05, 4.69) is 10.1 Å². The minimum atomic E-state index is -2.16. The zero-order chi connectivity index (χ0) is 31.4. The summed E-state index contributed by atoms with van der Waals surface area (Å²) < 4.78 is 33.7. The number of likely N-dealkylation sites (N-methyl/N-ethyl adjacent to an activating group) is 1. The molecule has 0 saturated carbocycles. The summed E-state index contributed by atoms with van der Waals surface area (Å²) in [6.45, 7) is 6.39. The van der Waals surface area contributed by atoms with Gasteiger partial charge < -0.3 is 34.2 Å². The van der Waals surface area contributed by atoms with Crippen molar-refractivity contribution in [1.82, 2.24) is 19.5 Å². The van der Waals surface area contributed by atoms with E-state index in [1.54, 1.807) is 31.1 Å². The summed E-state index contributed by atoms with van der Waals surface area (Å²) in [7, 11) is 3.42. The van der Waals surface area contributed by atoms with E-state index in [9.17, 15) is 24.4 Å². The van der Waals surface area contributed by atoms with Gasteiger partial charge >= 0.3 is 24.1 Å². The Bertz CT molecular complexity index is 1360. The molecule has 0 aromatic carbocycles. The van der Waals surface area contributed by atoms with Gasteiger partial charge in [0.05, 0.1) is 5.69 Å². The number of nitrogens with zero attached hydrogens (tertiary/aromatic N) is 5. The molecule has 0 bridgehead atoms. The highest BCUT2D eigenvalue weighted by atomic mass is 16.8. The van der Waals surface area contributed by atoms with Gasteiger partial charge in [0.1, 0.15) is 36.7 Å². The highest BCUT2D eigenvalue weighted by Gasteiger charge is 2.62. The van der Waals surface area contributed by atoms with E-state index < -0.39 is 66.9 Å². The van der Waals surface area contributed by atoms with Gasteiger partial charge in [0.15, 0.2) is 18.0 Å².